The highest BCUT2D eigenvalue weighted by Gasteiger charge is 2.09. The van der Waals surface area contributed by atoms with Crippen molar-refractivity contribution in [3.05, 3.63) is 52.9 Å². The fourth-order valence-corrected chi connectivity index (χ4v) is 2.13. The molecule has 7 nitrogen and oxygen atoms in total. The van der Waals surface area contributed by atoms with Crippen molar-refractivity contribution in [3.8, 4) is 5.75 Å². The van der Waals surface area contributed by atoms with Crippen LogP contribution in [0, 0.1) is 0 Å². The molecule has 0 radical (unpaired) electrons. The molecular formula is C17H17NO6. The first-order valence-electron chi connectivity index (χ1n) is 7.26. The van der Waals surface area contributed by atoms with Crippen molar-refractivity contribution >= 4 is 23.0 Å². The quantitative estimate of drug-likeness (QED) is 0.377. The van der Waals surface area contributed by atoms with Gasteiger partial charge in [-0.1, -0.05) is 12.7 Å². The molecule has 0 unspecified atom stereocenters. The molecule has 1 N–H and O–H groups in total. The number of esters is 1. The SMILES string of the molecule is C=CCOC(=O)NCCc1cc(=O)oc2cc(OC(C)=O)ccc12. The van der Waals surface area contributed by atoms with Gasteiger partial charge in [-0.25, -0.2) is 9.59 Å². The number of carbonyl (C=O) groups is 2. The van der Waals surface area contributed by atoms with Crippen molar-refractivity contribution in [3.63, 3.8) is 0 Å². The Kier molecular flexibility index (Phi) is 5.73. The van der Waals surface area contributed by atoms with E-state index >= 15 is 0 Å². The molecule has 0 bridgehead atoms. The van der Waals surface area contributed by atoms with Gasteiger partial charge in [0.15, 0.2) is 0 Å². The summed E-state index contributed by atoms with van der Waals surface area (Å²) in [6.07, 6.45) is 1.33. The standard InChI is InChI=1S/C17H17NO6/c1-3-8-22-17(21)18-7-6-12-9-16(20)24-15-10-13(23-11(2)19)4-5-14(12)15/h3-5,9-10H,1,6-8H2,2H3,(H,18,21). The van der Waals surface area contributed by atoms with E-state index < -0.39 is 17.7 Å². The third-order valence-corrected chi connectivity index (χ3v) is 3.06. The topological polar surface area (TPSA) is 94.8 Å². The summed E-state index contributed by atoms with van der Waals surface area (Å²) in [5.74, 6) is -0.170. The van der Waals surface area contributed by atoms with Crippen LogP contribution in [-0.2, 0) is 16.0 Å². The molecule has 1 aromatic carbocycles. The Labute approximate surface area is 137 Å². The number of benzene rings is 1. The van der Waals surface area contributed by atoms with E-state index in [2.05, 4.69) is 11.9 Å². The highest BCUT2D eigenvalue weighted by atomic mass is 16.5. The predicted octanol–water partition coefficient (Wildman–Crippen LogP) is 2.17. The van der Waals surface area contributed by atoms with E-state index in [1.54, 1.807) is 12.1 Å². The van der Waals surface area contributed by atoms with Gasteiger partial charge in [0.05, 0.1) is 0 Å². The fourth-order valence-electron chi connectivity index (χ4n) is 2.13. The molecule has 126 valence electrons. The minimum absolute atomic E-state index is 0.128. The molecule has 0 saturated heterocycles. The Morgan fingerprint density at radius 3 is 2.83 bits per heavy atom. The first-order valence-corrected chi connectivity index (χ1v) is 7.26. The van der Waals surface area contributed by atoms with E-state index in [0.717, 1.165) is 0 Å². The second kappa shape index (κ2) is 7.96. The number of alkyl carbamates (subject to hydrolysis) is 1. The molecule has 0 atom stereocenters. The van der Waals surface area contributed by atoms with Crippen molar-refractivity contribution in [2.24, 2.45) is 0 Å². The zero-order chi connectivity index (χ0) is 17.5. The Bertz CT molecular complexity index is 823. The van der Waals surface area contributed by atoms with Crippen LogP contribution >= 0.6 is 0 Å². The number of rotatable bonds is 6. The molecule has 0 aliphatic heterocycles. The predicted molar refractivity (Wildman–Crippen MR) is 87.0 cm³/mol. The molecule has 0 saturated carbocycles. The molecule has 1 amide bonds. The number of nitrogens with one attached hydrogen (secondary N) is 1. The fraction of sp³-hybridized carbons (Fsp3) is 0.235. The van der Waals surface area contributed by atoms with Gasteiger partial charge in [-0.15, -0.1) is 0 Å². The molecule has 1 aromatic heterocycles. The molecule has 1 heterocycles. The molecule has 0 fully saturated rings. The van der Waals surface area contributed by atoms with Crippen molar-refractivity contribution in [1.82, 2.24) is 5.32 Å². The molecule has 7 heteroatoms. The lowest BCUT2D eigenvalue weighted by atomic mass is 10.1. The highest BCUT2D eigenvalue weighted by molar-refractivity contribution is 5.82. The summed E-state index contributed by atoms with van der Waals surface area (Å²) in [6, 6.07) is 6.15. The maximum atomic E-state index is 11.7. The first-order chi connectivity index (χ1) is 11.5. The lowest BCUT2D eigenvalue weighted by Gasteiger charge is -2.08. The van der Waals surface area contributed by atoms with Gasteiger partial charge in [0.1, 0.15) is 17.9 Å². The minimum Gasteiger partial charge on any atom is -0.445 e. The number of hydrogen-bond donors (Lipinski definition) is 1. The summed E-state index contributed by atoms with van der Waals surface area (Å²) in [5.41, 5.74) is 0.497. The van der Waals surface area contributed by atoms with Crippen LogP contribution in [0.3, 0.4) is 0 Å². The summed E-state index contributed by atoms with van der Waals surface area (Å²) in [6.45, 7) is 5.15. The number of amides is 1. The Morgan fingerprint density at radius 1 is 1.33 bits per heavy atom. The van der Waals surface area contributed by atoms with Crippen LogP contribution in [0.15, 0.2) is 46.1 Å². The van der Waals surface area contributed by atoms with E-state index in [0.29, 0.717) is 35.2 Å². The number of hydrogen-bond acceptors (Lipinski definition) is 6. The molecule has 0 aliphatic carbocycles. The maximum absolute atomic E-state index is 11.7. The Hall–Kier alpha value is -3.09. The lowest BCUT2D eigenvalue weighted by Crippen LogP contribution is -2.26. The van der Waals surface area contributed by atoms with Crippen LogP contribution in [0.25, 0.3) is 11.0 Å². The largest absolute Gasteiger partial charge is 0.445 e. The van der Waals surface area contributed by atoms with Crippen LogP contribution in [0.1, 0.15) is 12.5 Å². The molecule has 0 spiro atoms. The van der Waals surface area contributed by atoms with E-state index in [4.69, 9.17) is 13.9 Å². The van der Waals surface area contributed by atoms with E-state index in [1.165, 1.54) is 25.1 Å². The molecule has 24 heavy (non-hydrogen) atoms. The third-order valence-electron chi connectivity index (χ3n) is 3.06. The summed E-state index contributed by atoms with van der Waals surface area (Å²) in [4.78, 5) is 34.0. The summed E-state index contributed by atoms with van der Waals surface area (Å²) < 4.78 is 14.9. The zero-order valence-electron chi connectivity index (χ0n) is 13.2. The summed E-state index contributed by atoms with van der Waals surface area (Å²) >= 11 is 0. The van der Waals surface area contributed by atoms with Crippen LogP contribution in [0.5, 0.6) is 5.75 Å². The lowest BCUT2D eigenvalue weighted by molar-refractivity contribution is -0.131. The van der Waals surface area contributed by atoms with Gasteiger partial charge in [0, 0.05) is 31.0 Å². The first kappa shape index (κ1) is 17.3. The van der Waals surface area contributed by atoms with Crippen molar-refractivity contribution in [2.45, 2.75) is 13.3 Å². The van der Waals surface area contributed by atoms with E-state index in [-0.39, 0.29) is 6.61 Å². The number of fused-ring (bicyclic) bond motifs is 1. The van der Waals surface area contributed by atoms with Crippen molar-refractivity contribution in [1.29, 1.82) is 0 Å². The van der Waals surface area contributed by atoms with Crippen molar-refractivity contribution < 1.29 is 23.5 Å². The van der Waals surface area contributed by atoms with Gasteiger partial charge < -0.3 is 19.2 Å². The normalized spacial score (nSPS) is 10.2. The van der Waals surface area contributed by atoms with Gasteiger partial charge in [-0.2, -0.15) is 0 Å². The Morgan fingerprint density at radius 2 is 2.12 bits per heavy atom. The van der Waals surface area contributed by atoms with Crippen molar-refractivity contribution in [2.75, 3.05) is 13.2 Å². The van der Waals surface area contributed by atoms with Gasteiger partial charge in [0.2, 0.25) is 0 Å². The van der Waals surface area contributed by atoms with Gasteiger partial charge in [0.25, 0.3) is 0 Å². The second-order valence-electron chi connectivity index (χ2n) is 4.91. The van der Waals surface area contributed by atoms with Crippen LogP contribution < -0.4 is 15.7 Å². The van der Waals surface area contributed by atoms with Crippen LogP contribution in [0.4, 0.5) is 4.79 Å². The zero-order valence-corrected chi connectivity index (χ0v) is 13.2. The molecular weight excluding hydrogens is 314 g/mol. The molecule has 0 aliphatic rings. The van der Waals surface area contributed by atoms with Crippen LogP contribution in [-0.4, -0.2) is 25.2 Å². The van der Waals surface area contributed by atoms with Crippen LogP contribution in [0.2, 0.25) is 0 Å². The van der Waals surface area contributed by atoms with Gasteiger partial charge >= 0.3 is 17.7 Å². The Balaban J connectivity index is 2.14. The monoisotopic (exact) mass is 331 g/mol. The van der Waals surface area contributed by atoms with Gasteiger partial charge in [-0.05, 0) is 24.1 Å². The molecule has 2 aromatic rings. The number of ether oxygens (including phenoxy) is 2. The van der Waals surface area contributed by atoms with E-state index in [1.807, 2.05) is 0 Å². The minimum atomic E-state index is -0.556. The second-order valence-corrected chi connectivity index (χ2v) is 4.91. The maximum Gasteiger partial charge on any atom is 0.407 e. The summed E-state index contributed by atoms with van der Waals surface area (Å²) in [5, 5.41) is 3.28. The number of carbonyl (C=O) groups excluding carboxylic acids is 2. The highest BCUT2D eigenvalue weighted by Crippen LogP contribution is 2.23. The third kappa shape index (κ3) is 4.70. The molecule has 2 rings (SSSR count). The summed E-state index contributed by atoms with van der Waals surface area (Å²) in [7, 11) is 0. The van der Waals surface area contributed by atoms with E-state index in [9.17, 15) is 14.4 Å². The smallest absolute Gasteiger partial charge is 0.407 e. The average Bonchev–Trinajstić information content (AvgIpc) is 2.51. The average molecular weight is 331 g/mol. The van der Waals surface area contributed by atoms with Gasteiger partial charge in [-0.3, -0.25) is 4.79 Å².